The Morgan fingerprint density at radius 3 is 2.93 bits per heavy atom. The number of halogens is 1. The van der Waals surface area contributed by atoms with Crippen molar-refractivity contribution in [2.75, 3.05) is 20.3 Å². The Hall–Kier alpha value is -1.00. The van der Waals surface area contributed by atoms with Gasteiger partial charge in [0.15, 0.2) is 0 Å². The molecule has 1 aromatic rings. The predicted molar refractivity (Wildman–Crippen MR) is 57.1 cm³/mol. The van der Waals surface area contributed by atoms with Crippen LogP contribution in [0, 0.1) is 5.82 Å². The fourth-order valence-corrected chi connectivity index (χ4v) is 1.28. The van der Waals surface area contributed by atoms with Crippen LogP contribution < -0.4 is 5.32 Å². The van der Waals surface area contributed by atoms with Crippen LogP contribution in [0.15, 0.2) is 18.3 Å². The number of hydrogen-bond acceptors (Lipinski definition) is 3. The molecule has 0 aliphatic heterocycles. The van der Waals surface area contributed by atoms with Crippen molar-refractivity contribution in [3.63, 3.8) is 0 Å². The SMILES string of the molecule is COCCCNC(C)c1ccc(F)cn1. The summed E-state index contributed by atoms with van der Waals surface area (Å²) >= 11 is 0. The minimum atomic E-state index is -0.301. The van der Waals surface area contributed by atoms with Gasteiger partial charge in [0, 0.05) is 19.8 Å². The summed E-state index contributed by atoms with van der Waals surface area (Å²) in [5, 5.41) is 3.29. The van der Waals surface area contributed by atoms with E-state index in [0.29, 0.717) is 0 Å². The molecule has 1 heterocycles. The highest BCUT2D eigenvalue weighted by Crippen LogP contribution is 2.08. The Morgan fingerprint density at radius 1 is 1.53 bits per heavy atom. The van der Waals surface area contributed by atoms with Crippen molar-refractivity contribution < 1.29 is 9.13 Å². The molecule has 84 valence electrons. The molecule has 0 radical (unpaired) electrons. The molecule has 0 aliphatic carbocycles. The van der Waals surface area contributed by atoms with Gasteiger partial charge in [0.1, 0.15) is 5.82 Å². The number of ether oxygens (including phenoxy) is 1. The molecule has 0 spiro atoms. The lowest BCUT2D eigenvalue weighted by molar-refractivity contribution is 0.193. The summed E-state index contributed by atoms with van der Waals surface area (Å²) in [6, 6.07) is 3.27. The first-order valence-corrected chi connectivity index (χ1v) is 5.08. The predicted octanol–water partition coefficient (Wildman–Crippen LogP) is 1.91. The van der Waals surface area contributed by atoms with Gasteiger partial charge in [-0.05, 0) is 32.0 Å². The van der Waals surface area contributed by atoms with Crippen molar-refractivity contribution in [2.45, 2.75) is 19.4 Å². The van der Waals surface area contributed by atoms with Crippen molar-refractivity contribution in [3.8, 4) is 0 Å². The summed E-state index contributed by atoms with van der Waals surface area (Å²) in [6.07, 6.45) is 2.20. The average molecular weight is 212 g/mol. The topological polar surface area (TPSA) is 34.1 Å². The third-order valence-electron chi connectivity index (χ3n) is 2.17. The van der Waals surface area contributed by atoms with Crippen LogP contribution in [0.5, 0.6) is 0 Å². The van der Waals surface area contributed by atoms with E-state index >= 15 is 0 Å². The van der Waals surface area contributed by atoms with Gasteiger partial charge in [0.25, 0.3) is 0 Å². The second-order valence-electron chi connectivity index (χ2n) is 3.42. The van der Waals surface area contributed by atoms with Crippen molar-refractivity contribution in [1.82, 2.24) is 10.3 Å². The van der Waals surface area contributed by atoms with E-state index in [4.69, 9.17) is 4.74 Å². The highest BCUT2D eigenvalue weighted by Gasteiger charge is 2.05. The van der Waals surface area contributed by atoms with E-state index in [1.54, 1.807) is 13.2 Å². The monoisotopic (exact) mass is 212 g/mol. The summed E-state index contributed by atoms with van der Waals surface area (Å²) in [5.74, 6) is -0.301. The summed E-state index contributed by atoms with van der Waals surface area (Å²) in [5.41, 5.74) is 0.855. The summed E-state index contributed by atoms with van der Waals surface area (Å²) < 4.78 is 17.5. The number of methoxy groups -OCH3 is 1. The molecule has 0 amide bonds. The van der Waals surface area contributed by atoms with E-state index in [0.717, 1.165) is 25.3 Å². The van der Waals surface area contributed by atoms with Gasteiger partial charge in [0.05, 0.1) is 11.9 Å². The van der Waals surface area contributed by atoms with Crippen LogP contribution in [0.3, 0.4) is 0 Å². The Labute approximate surface area is 89.7 Å². The molecular weight excluding hydrogens is 195 g/mol. The van der Waals surface area contributed by atoms with Gasteiger partial charge in [-0.3, -0.25) is 4.98 Å². The molecule has 0 saturated carbocycles. The molecule has 0 aromatic carbocycles. The van der Waals surface area contributed by atoms with Crippen molar-refractivity contribution >= 4 is 0 Å². The van der Waals surface area contributed by atoms with Crippen molar-refractivity contribution in [3.05, 3.63) is 29.8 Å². The maximum Gasteiger partial charge on any atom is 0.141 e. The molecule has 1 rings (SSSR count). The first kappa shape index (κ1) is 12.1. The Morgan fingerprint density at radius 2 is 2.33 bits per heavy atom. The lowest BCUT2D eigenvalue weighted by Crippen LogP contribution is -2.21. The molecule has 15 heavy (non-hydrogen) atoms. The Balaban J connectivity index is 2.33. The minimum Gasteiger partial charge on any atom is -0.385 e. The molecule has 4 heteroatoms. The van der Waals surface area contributed by atoms with E-state index in [1.165, 1.54) is 12.3 Å². The van der Waals surface area contributed by atoms with Crippen LogP contribution in [0.2, 0.25) is 0 Å². The third-order valence-corrected chi connectivity index (χ3v) is 2.17. The van der Waals surface area contributed by atoms with Crippen LogP contribution in [0.4, 0.5) is 4.39 Å². The van der Waals surface area contributed by atoms with Gasteiger partial charge < -0.3 is 10.1 Å². The number of nitrogens with zero attached hydrogens (tertiary/aromatic N) is 1. The molecule has 1 N–H and O–H groups in total. The smallest absolute Gasteiger partial charge is 0.141 e. The number of rotatable bonds is 6. The molecule has 0 aliphatic rings. The molecule has 1 unspecified atom stereocenters. The van der Waals surface area contributed by atoms with E-state index in [-0.39, 0.29) is 11.9 Å². The van der Waals surface area contributed by atoms with Crippen LogP contribution in [0.1, 0.15) is 25.1 Å². The quantitative estimate of drug-likeness (QED) is 0.731. The van der Waals surface area contributed by atoms with Crippen molar-refractivity contribution in [2.24, 2.45) is 0 Å². The normalized spacial score (nSPS) is 12.7. The highest BCUT2D eigenvalue weighted by molar-refractivity contribution is 5.08. The maximum absolute atomic E-state index is 12.6. The summed E-state index contributed by atoms with van der Waals surface area (Å²) in [6.45, 7) is 3.62. The summed E-state index contributed by atoms with van der Waals surface area (Å²) in [7, 11) is 1.69. The first-order valence-electron chi connectivity index (χ1n) is 5.08. The standard InChI is InChI=1S/C11H17FN2O/c1-9(13-6-3-7-15-2)11-5-4-10(12)8-14-11/h4-5,8-9,13H,3,6-7H2,1-2H3. The van der Waals surface area contributed by atoms with Crippen LogP contribution in [-0.2, 0) is 4.74 Å². The minimum absolute atomic E-state index is 0.141. The zero-order valence-corrected chi connectivity index (χ0v) is 9.16. The van der Waals surface area contributed by atoms with Gasteiger partial charge >= 0.3 is 0 Å². The molecule has 3 nitrogen and oxygen atoms in total. The lowest BCUT2D eigenvalue weighted by Gasteiger charge is -2.12. The van der Waals surface area contributed by atoms with E-state index < -0.39 is 0 Å². The van der Waals surface area contributed by atoms with Crippen LogP contribution >= 0.6 is 0 Å². The fraction of sp³-hybridized carbons (Fsp3) is 0.545. The maximum atomic E-state index is 12.6. The first-order chi connectivity index (χ1) is 7.24. The second-order valence-corrected chi connectivity index (χ2v) is 3.42. The van der Waals surface area contributed by atoms with Gasteiger partial charge in [-0.1, -0.05) is 0 Å². The Bertz CT molecular complexity index is 276. The summed E-state index contributed by atoms with van der Waals surface area (Å²) in [4.78, 5) is 4.01. The molecule has 1 aromatic heterocycles. The van der Waals surface area contributed by atoms with E-state index in [9.17, 15) is 4.39 Å². The molecular formula is C11H17FN2O. The van der Waals surface area contributed by atoms with E-state index in [1.807, 2.05) is 6.92 Å². The van der Waals surface area contributed by atoms with E-state index in [2.05, 4.69) is 10.3 Å². The average Bonchev–Trinajstić information content (AvgIpc) is 2.25. The van der Waals surface area contributed by atoms with Gasteiger partial charge in [-0.2, -0.15) is 0 Å². The molecule has 1 atom stereocenters. The third kappa shape index (κ3) is 4.36. The van der Waals surface area contributed by atoms with Gasteiger partial charge in [0.2, 0.25) is 0 Å². The van der Waals surface area contributed by atoms with Gasteiger partial charge in [-0.15, -0.1) is 0 Å². The zero-order chi connectivity index (χ0) is 11.1. The number of pyridine rings is 1. The molecule has 0 saturated heterocycles. The fourth-order valence-electron chi connectivity index (χ4n) is 1.28. The Kier molecular flexibility index (Phi) is 5.21. The highest BCUT2D eigenvalue weighted by atomic mass is 19.1. The van der Waals surface area contributed by atoms with Crippen molar-refractivity contribution in [1.29, 1.82) is 0 Å². The lowest BCUT2D eigenvalue weighted by atomic mass is 10.2. The van der Waals surface area contributed by atoms with Gasteiger partial charge in [-0.25, -0.2) is 4.39 Å². The molecule has 0 fully saturated rings. The number of hydrogen-bond donors (Lipinski definition) is 1. The largest absolute Gasteiger partial charge is 0.385 e. The molecule has 0 bridgehead atoms. The zero-order valence-electron chi connectivity index (χ0n) is 9.16. The van der Waals surface area contributed by atoms with Crippen LogP contribution in [0.25, 0.3) is 0 Å². The number of aromatic nitrogens is 1. The second kappa shape index (κ2) is 6.48. The van der Waals surface area contributed by atoms with Crippen LogP contribution in [-0.4, -0.2) is 25.2 Å². The number of nitrogens with one attached hydrogen (secondary N) is 1.